The summed E-state index contributed by atoms with van der Waals surface area (Å²) in [6, 6.07) is 8.44. The number of carbonyl (C=O) groups excluding carboxylic acids is 1. The predicted octanol–water partition coefficient (Wildman–Crippen LogP) is 3.44. The highest BCUT2D eigenvalue weighted by Crippen LogP contribution is 2.32. The summed E-state index contributed by atoms with van der Waals surface area (Å²) in [5.41, 5.74) is 1.30. The molecule has 0 radical (unpaired) electrons. The van der Waals surface area contributed by atoms with E-state index in [4.69, 9.17) is 0 Å². The number of hydrogen-bond acceptors (Lipinski definition) is 5. The minimum absolute atomic E-state index is 0.0628. The second-order valence-corrected chi connectivity index (χ2v) is 5.78. The first kappa shape index (κ1) is 15.7. The first-order chi connectivity index (χ1) is 12.5. The highest BCUT2D eigenvalue weighted by atomic mass is 16.6. The smallest absolute Gasteiger partial charge is 0.278 e. The van der Waals surface area contributed by atoms with E-state index in [1.165, 1.54) is 25.3 Å². The van der Waals surface area contributed by atoms with Crippen molar-refractivity contribution in [3.05, 3.63) is 65.2 Å². The summed E-state index contributed by atoms with van der Waals surface area (Å²) in [6.45, 7) is 1.39. The lowest BCUT2D eigenvalue weighted by atomic mass is 10.1. The van der Waals surface area contributed by atoms with E-state index in [9.17, 15) is 14.9 Å². The highest BCUT2D eigenvalue weighted by Gasteiger charge is 2.17. The Morgan fingerprint density at radius 3 is 2.81 bits per heavy atom. The largest absolute Gasteiger partial charge is 0.326 e. The Kier molecular flexibility index (Phi) is 3.58. The normalized spacial score (nSPS) is 11.0. The molecule has 0 saturated heterocycles. The number of carbonyl (C=O) groups is 1. The minimum Gasteiger partial charge on any atom is -0.326 e. The van der Waals surface area contributed by atoms with E-state index in [1.54, 1.807) is 18.5 Å². The van der Waals surface area contributed by atoms with Gasteiger partial charge in [-0.1, -0.05) is 0 Å². The third-order valence-electron chi connectivity index (χ3n) is 4.11. The van der Waals surface area contributed by atoms with Gasteiger partial charge in [-0.2, -0.15) is 0 Å². The van der Waals surface area contributed by atoms with Crippen LogP contribution >= 0.6 is 0 Å². The molecule has 0 atom stereocenters. The molecule has 0 bridgehead atoms. The third kappa shape index (κ3) is 2.53. The second kappa shape index (κ2) is 5.92. The van der Waals surface area contributed by atoms with E-state index < -0.39 is 4.92 Å². The number of hydrogen-bond donors (Lipinski definition) is 1. The first-order valence-electron chi connectivity index (χ1n) is 7.81. The molecule has 8 nitrogen and oxygen atoms in total. The molecule has 0 aliphatic heterocycles. The lowest BCUT2D eigenvalue weighted by Gasteiger charge is -2.10. The topological polar surface area (TPSA) is 103 Å². The molecular formula is C18H13N5O3. The lowest BCUT2D eigenvalue weighted by Crippen LogP contribution is -2.07. The molecule has 1 aromatic carbocycles. The summed E-state index contributed by atoms with van der Waals surface area (Å²) in [4.78, 5) is 30.9. The molecule has 0 unspecified atom stereocenters. The van der Waals surface area contributed by atoms with Crippen molar-refractivity contribution in [2.24, 2.45) is 0 Å². The summed E-state index contributed by atoms with van der Waals surface area (Å²) in [5.74, 6) is 0.321. The zero-order valence-electron chi connectivity index (χ0n) is 13.7. The van der Waals surface area contributed by atoms with Gasteiger partial charge >= 0.3 is 0 Å². The number of nitrogens with one attached hydrogen (secondary N) is 1. The summed E-state index contributed by atoms with van der Waals surface area (Å²) in [7, 11) is 0. The number of pyridine rings is 2. The van der Waals surface area contributed by atoms with Gasteiger partial charge in [0.1, 0.15) is 5.82 Å². The Labute approximate surface area is 147 Å². The maximum Gasteiger partial charge on any atom is 0.278 e. The van der Waals surface area contributed by atoms with Crippen molar-refractivity contribution in [2.45, 2.75) is 6.92 Å². The van der Waals surface area contributed by atoms with Gasteiger partial charge in [-0.3, -0.25) is 24.5 Å². The maximum absolute atomic E-state index is 11.5. The van der Waals surface area contributed by atoms with Gasteiger partial charge in [-0.05, 0) is 24.3 Å². The number of aromatic nitrogens is 3. The van der Waals surface area contributed by atoms with Crippen molar-refractivity contribution in [1.82, 2.24) is 14.5 Å². The van der Waals surface area contributed by atoms with Crippen molar-refractivity contribution in [2.75, 3.05) is 5.32 Å². The van der Waals surface area contributed by atoms with Crippen LogP contribution in [0.4, 0.5) is 11.4 Å². The van der Waals surface area contributed by atoms with Gasteiger partial charge in [0.2, 0.25) is 5.91 Å². The number of nitro benzene ring substituents is 1. The Balaban J connectivity index is 1.98. The SMILES string of the molecule is CC(=O)Nc1ccc([N+](=O)[O-])c2cnc(-n3ccc4ccncc43)cc12. The van der Waals surface area contributed by atoms with Crippen molar-refractivity contribution < 1.29 is 9.72 Å². The van der Waals surface area contributed by atoms with E-state index in [2.05, 4.69) is 15.3 Å². The van der Waals surface area contributed by atoms with E-state index in [1.807, 2.05) is 22.9 Å². The zero-order valence-corrected chi connectivity index (χ0v) is 13.7. The molecule has 26 heavy (non-hydrogen) atoms. The molecule has 4 rings (SSSR count). The number of fused-ring (bicyclic) bond motifs is 2. The van der Waals surface area contributed by atoms with E-state index in [0.29, 0.717) is 22.3 Å². The number of nitro groups is 1. The molecule has 0 fully saturated rings. The summed E-state index contributed by atoms with van der Waals surface area (Å²) in [6.07, 6.45) is 6.74. The maximum atomic E-state index is 11.5. The number of anilines is 1. The van der Waals surface area contributed by atoms with Crippen LogP contribution in [-0.4, -0.2) is 25.4 Å². The number of non-ortho nitro benzene ring substituents is 1. The van der Waals surface area contributed by atoms with Crippen LogP contribution < -0.4 is 5.32 Å². The molecule has 1 N–H and O–H groups in total. The van der Waals surface area contributed by atoms with Gasteiger partial charge < -0.3 is 5.32 Å². The molecule has 0 aliphatic rings. The first-order valence-corrected chi connectivity index (χ1v) is 7.81. The standard InChI is InChI=1S/C18H13N5O3/c1-11(24)21-15-2-3-16(23(25)26)14-9-20-18(8-13(14)15)22-7-5-12-4-6-19-10-17(12)22/h2-10H,1H3,(H,21,24). The molecule has 8 heteroatoms. The van der Waals surface area contributed by atoms with Crippen molar-refractivity contribution in [3.63, 3.8) is 0 Å². The van der Waals surface area contributed by atoms with Gasteiger partial charge in [0.05, 0.1) is 22.0 Å². The quantitative estimate of drug-likeness (QED) is 0.452. The molecule has 3 aromatic heterocycles. The number of rotatable bonds is 3. The molecule has 0 saturated carbocycles. The van der Waals surface area contributed by atoms with Gasteiger partial charge in [-0.15, -0.1) is 0 Å². The lowest BCUT2D eigenvalue weighted by molar-refractivity contribution is -0.383. The fraction of sp³-hybridized carbons (Fsp3) is 0.0556. The Bertz CT molecular complexity index is 1180. The fourth-order valence-corrected chi connectivity index (χ4v) is 2.98. The Hall–Kier alpha value is -3.81. The number of amides is 1. The fourth-order valence-electron chi connectivity index (χ4n) is 2.98. The number of nitrogens with zero attached hydrogens (tertiary/aromatic N) is 4. The molecule has 0 aliphatic carbocycles. The van der Waals surface area contributed by atoms with Gasteiger partial charge in [0.15, 0.2) is 0 Å². The zero-order chi connectivity index (χ0) is 18.3. The van der Waals surface area contributed by atoms with Gasteiger partial charge in [-0.25, -0.2) is 4.98 Å². The average molecular weight is 347 g/mol. The van der Waals surface area contributed by atoms with Crippen LogP contribution in [0, 0.1) is 10.1 Å². The van der Waals surface area contributed by atoms with Gasteiger partial charge in [0, 0.05) is 48.0 Å². The van der Waals surface area contributed by atoms with Crippen LogP contribution in [0.2, 0.25) is 0 Å². The molecule has 4 aromatic rings. The third-order valence-corrected chi connectivity index (χ3v) is 4.11. The summed E-state index contributed by atoms with van der Waals surface area (Å²) < 4.78 is 1.85. The van der Waals surface area contributed by atoms with Crippen molar-refractivity contribution >= 4 is 39.0 Å². The Morgan fingerprint density at radius 2 is 2.04 bits per heavy atom. The summed E-state index contributed by atoms with van der Waals surface area (Å²) in [5, 5.41) is 15.9. The van der Waals surface area contributed by atoms with E-state index in [-0.39, 0.29) is 11.6 Å². The van der Waals surface area contributed by atoms with Crippen molar-refractivity contribution in [3.8, 4) is 5.82 Å². The van der Waals surface area contributed by atoms with Crippen LogP contribution in [0.15, 0.2) is 55.1 Å². The van der Waals surface area contributed by atoms with Crippen LogP contribution in [0.25, 0.3) is 27.5 Å². The van der Waals surface area contributed by atoms with Crippen LogP contribution in [0.3, 0.4) is 0 Å². The molecular weight excluding hydrogens is 334 g/mol. The van der Waals surface area contributed by atoms with Crippen molar-refractivity contribution in [1.29, 1.82) is 0 Å². The Morgan fingerprint density at radius 1 is 1.19 bits per heavy atom. The number of benzene rings is 1. The molecule has 1 amide bonds. The minimum atomic E-state index is -0.462. The van der Waals surface area contributed by atoms with Crippen LogP contribution in [0.1, 0.15) is 6.92 Å². The summed E-state index contributed by atoms with van der Waals surface area (Å²) >= 11 is 0. The highest BCUT2D eigenvalue weighted by molar-refractivity contribution is 6.05. The van der Waals surface area contributed by atoms with E-state index in [0.717, 1.165) is 10.9 Å². The van der Waals surface area contributed by atoms with E-state index >= 15 is 0 Å². The molecule has 3 heterocycles. The molecule has 128 valence electrons. The second-order valence-electron chi connectivity index (χ2n) is 5.78. The van der Waals surface area contributed by atoms with Gasteiger partial charge in [0.25, 0.3) is 5.69 Å². The van der Waals surface area contributed by atoms with Crippen LogP contribution in [-0.2, 0) is 4.79 Å². The molecule has 0 spiro atoms. The van der Waals surface area contributed by atoms with Crippen LogP contribution in [0.5, 0.6) is 0 Å². The monoisotopic (exact) mass is 347 g/mol. The predicted molar refractivity (Wildman–Crippen MR) is 97.3 cm³/mol. The average Bonchev–Trinajstić information content (AvgIpc) is 3.05.